The number of aryl methyl sites for hydroxylation is 1. The molecule has 0 fully saturated rings. The molecule has 0 spiro atoms. The molecule has 0 aliphatic rings. The summed E-state index contributed by atoms with van der Waals surface area (Å²) in [6.45, 7) is 2.20. The zero-order chi connectivity index (χ0) is 13.5. The van der Waals surface area contributed by atoms with Crippen molar-refractivity contribution in [1.29, 1.82) is 0 Å². The van der Waals surface area contributed by atoms with Crippen molar-refractivity contribution in [2.75, 3.05) is 26.1 Å². The lowest BCUT2D eigenvalue weighted by molar-refractivity contribution is 0.0895. The first kappa shape index (κ1) is 14.5. The molecule has 0 aliphatic heterocycles. The van der Waals surface area contributed by atoms with Crippen molar-refractivity contribution in [1.82, 2.24) is 5.32 Å². The molecule has 5 heteroatoms. The Morgan fingerprint density at radius 2 is 2.28 bits per heavy atom. The van der Waals surface area contributed by atoms with E-state index in [2.05, 4.69) is 5.32 Å². The number of ether oxygens (including phenoxy) is 1. The zero-order valence-electron chi connectivity index (χ0n) is 10.8. The van der Waals surface area contributed by atoms with Crippen molar-refractivity contribution < 1.29 is 14.6 Å². The molecule has 0 saturated heterocycles. The van der Waals surface area contributed by atoms with Crippen molar-refractivity contribution in [3.05, 3.63) is 29.3 Å². The average Bonchev–Trinajstić information content (AvgIpc) is 2.37. The summed E-state index contributed by atoms with van der Waals surface area (Å²) in [6, 6.07) is 4.98. The Hall–Kier alpha value is -1.59. The third-order valence-electron chi connectivity index (χ3n) is 2.79. The number of aliphatic hydroxyl groups excluding tert-OH is 1. The summed E-state index contributed by atoms with van der Waals surface area (Å²) in [4.78, 5) is 12.0. The van der Waals surface area contributed by atoms with Crippen molar-refractivity contribution in [2.24, 2.45) is 0 Å². The van der Waals surface area contributed by atoms with Crippen LogP contribution in [0, 0.1) is 6.92 Å². The first-order valence-corrected chi connectivity index (χ1v) is 5.86. The highest BCUT2D eigenvalue weighted by molar-refractivity contribution is 5.99. The van der Waals surface area contributed by atoms with Gasteiger partial charge in [0.2, 0.25) is 0 Å². The van der Waals surface area contributed by atoms with E-state index in [0.29, 0.717) is 24.3 Å². The van der Waals surface area contributed by atoms with E-state index in [0.717, 1.165) is 5.56 Å². The highest BCUT2D eigenvalue weighted by Crippen LogP contribution is 2.16. The number of methoxy groups -OCH3 is 1. The average molecular weight is 252 g/mol. The van der Waals surface area contributed by atoms with Gasteiger partial charge in [-0.1, -0.05) is 12.1 Å². The minimum atomic E-state index is -0.322. The molecule has 0 saturated carbocycles. The number of rotatable bonds is 6. The molecule has 0 aromatic heterocycles. The molecule has 1 atom stereocenters. The Balaban J connectivity index is 2.72. The first-order chi connectivity index (χ1) is 8.60. The number of amides is 1. The molecule has 1 aromatic carbocycles. The van der Waals surface area contributed by atoms with Gasteiger partial charge in [0, 0.05) is 19.4 Å². The van der Waals surface area contributed by atoms with Gasteiger partial charge < -0.3 is 20.9 Å². The van der Waals surface area contributed by atoms with Crippen LogP contribution in [0.25, 0.3) is 0 Å². The van der Waals surface area contributed by atoms with Gasteiger partial charge in [0.1, 0.15) is 0 Å². The summed E-state index contributed by atoms with van der Waals surface area (Å²) < 4.78 is 4.92. The van der Waals surface area contributed by atoms with E-state index in [4.69, 9.17) is 10.5 Å². The van der Waals surface area contributed by atoms with Gasteiger partial charge in [-0.3, -0.25) is 4.79 Å². The summed E-state index contributed by atoms with van der Waals surface area (Å²) in [6.07, 6.45) is 0.560. The van der Waals surface area contributed by atoms with Gasteiger partial charge in [0.15, 0.2) is 0 Å². The number of benzene rings is 1. The predicted octanol–water partition coefficient (Wildman–Crippen LogP) is 0.704. The van der Waals surface area contributed by atoms with Gasteiger partial charge in [-0.2, -0.15) is 0 Å². The summed E-state index contributed by atoms with van der Waals surface area (Å²) in [7, 11) is 1.58. The number of nitrogen functional groups attached to an aromatic ring is 1. The fourth-order valence-electron chi connectivity index (χ4n) is 1.61. The second-order valence-corrected chi connectivity index (χ2v) is 4.17. The quantitative estimate of drug-likeness (QED) is 0.651. The maximum absolute atomic E-state index is 12.0. The lowest BCUT2D eigenvalue weighted by atomic mass is 10.1. The monoisotopic (exact) mass is 252 g/mol. The van der Waals surface area contributed by atoms with Crippen molar-refractivity contribution >= 4 is 11.6 Å². The molecular weight excluding hydrogens is 232 g/mol. The molecule has 1 rings (SSSR count). The maximum Gasteiger partial charge on any atom is 0.253 e. The molecule has 1 unspecified atom stereocenters. The summed E-state index contributed by atoms with van der Waals surface area (Å²) in [5.74, 6) is -0.272. The second-order valence-electron chi connectivity index (χ2n) is 4.17. The number of aliphatic hydroxyl groups is 1. The van der Waals surface area contributed by atoms with E-state index in [9.17, 15) is 9.90 Å². The molecule has 4 N–H and O–H groups in total. The van der Waals surface area contributed by atoms with Gasteiger partial charge >= 0.3 is 0 Å². The van der Waals surface area contributed by atoms with Crippen LogP contribution < -0.4 is 11.1 Å². The Morgan fingerprint density at radius 3 is 2.89 bits per heavy atom. The highest BCUT2D eigenvalue weighted by atomic mass is 16.5. The van der Waals surface area contributed by atoms with E-state index >= 15 is 0 Å². The van der Waals surface area contributed by atoms with Gasteiger partial charge in [0.05, 0.1) is 18.2 Å². The van der Waals surface area contributed by atoms with Crippen LogP contribution in [-0.4, -0.2) is 37.4 Å². The highest BCUT2D eigenvalue weighted by Gasteiger charge is 2.15. The van der Waals surface area contributed by atoms with Gasteiger partial charge in [0.25, 0.3) is 5.91 Å². The SMILES string of the molecule is COCCC(CO)NC(=O)c1cccc(C)c1N. The van der Waals surface area contributed by atoms with Crippen LogP contribution >= 0.6 is 0 Å². The van der Waals surface area contributed by atoms with Crippen molar-refractivity contribution in [3.63, 3.8) is 0 Å². The Labute approximate surface area is 107 Å². The Kier molecular flexibility index (Phi) is 5.61. The first-order valence-electron chi connectivity index (χ1n) is 5.86. The van der Waals surface area contributed by atoms with Crippen LogP contribution in [0.1, 0.15) is 22.3 Å². The number of para-hydroxylation sites is 1. The van der Waals surface area contributed by atoms with E-state index in [1.54, 1.807) is 19.2 Å². The van der Waals surface area contributed by atoms with Gasteiger partial charge in [-0.05, 0) is 25.0 Å². The van der Waals surface area contributed by atoms with Crippen LogP contribution in [0.5, 0.6) is 0 Å². The molecule has 0 aliphatic carbocycles. The normalized spacial score (nSPS) is 12.2. The zero-order valence-corrected chi connectivity index (χ0v) is 10.8. The minimum absolute atomic E-state index is 0.124. The van der Waals surface area contributed by atoms with Crippen molar-refractivity contribution in [3.8, 4) is 0 Å². The molecule has 0 heterocycles. The standard InChI is InChI=1S/C13H20N2O3/c1-9-4-3-5-11(12(9)14)13(17)15-10(8-16)6-7-18-2/h3-5,10,16H,6-8,14H2,1-2H3,(H,15,17). The fourth-order valence-corrected chi connectivity index (χ4v) is 1.61. The van der Waals surface area contributed by atoms with Gasteiger partial charge in [-0.25, -0.2) is 0 Å². The minimum Gasteiger partial charge on any atom is -0.398 e. The van der Waals surface area contributed by atoms with Crippen LogP contribution in [0.15, 0.2) is 18.2 Å². The van der Waals surface area contributed by atoms with Gasteiger partial charge in [-0.15, -0.1) is 0 Å². The predicted molar refractivity (Wildman–Crippen MR) is 70.4 cm³/mol. The summed E-state index contributed by atoms with van der Waals surface area (Å²) in [5.41, 5.74) is 7.62. The van der Waals surface area contributed by atoms with E-state index in [1.165, 1.54) is 0 Å². The van der Waals surface area contributed by atoms with Crippen LogP contribution in [0.3, 0.4) is 0 Å². The third-order valence-corrected chi connectivity index (χ3v) is 2.79. The second kappa shape index (κ2) is 6.98. The van der Waals surface area contributed by atoms with Crippen molar-refractivity contribution in [2.45, 2.75) is 19.4 Å². The van der Waals surface area contributed by atoms with Crippen LogP contribution in [0.2, 0.25) is 0 Å². The topological polar surface area (TPSA) is 84.6 Å². The van der Waals surface area contributed by atoms with Crippen LogP contribution in [-0.2, 0) is 4.74 Å². The molecule has 0 bridgehead atoms. The molecular formula is C13H20N2O3. The number of hydrogen-bond donors (Lipinski definition) is 3. The molecule has 1 amide bonds. The molecule has 0 radical (unpaired) electrons. The lowest BCUT2D eigenvalue weighted by Crippen LogP contribution is -2.38. The largest absolute Gasteiger partial charge is 0.398 e. The molecule has 5 nitrogen and oxygen atoms in total. The van der Waals surface area contributed by atoms with E-state index < -0.39 is 0 Å². The number of nitrogens with one attached hydrogen (secondary N) is 1. The fraction of sp³-hybridized carbons (Fsp3) is 0.462. The van der Waals surface area contributed by atoms with E-state index in [1.807, 2.05) is 13.0 Å². The summed E-state index contributed by atoms with van der Waals surface area (Å²) >= 11 is 0. The Morgan fingerprint density at radius 1 is 1.56 bits per heavy atom. The Bertz CT molecular complexity index is 407. The molecule has 18 heavy (non-hydrogen) atoms. The maximum atomic E-state index is 12.0. The lowest BCUT2D eigenvalue weighted by Gasteiger charge is -2.17. The number of nitrogens with two attached hydrogens (primary N) is 1. The third kappa shape index (κ3) is 3.72. The van der Waals surface area contributed by atoms with E-state index in [-0.39, 0.29) is 18.6 Å². The number of carbonyl (C=O) groups excluding carboxylic acids is 1. The molecule has 1 aromatic rings. The molecule has 100 valence electrons. The van der Waals surface area contributed by atoms with Crippen LogP contribution in [0.4, 0.5) is 5.69 Å². The summed E-state index contributed by atoms with van der Waals surface area (Å²) in [5, 5.41) is 11.9. The number of carbonyl (C=O) groups is 1. The smallest absolute Gasteiger partial charge is 0.253 e. The number of hydrogen-bond acceptors (Lipinski definition) is 4. The number of anilines is 1.